The van der Waals surface area contributed by atoms with Gasteiger partial charge in [-0.05, 0) is 26.3 Å². The Balaban J connectivity index is 2.07. The first-order chi connectivity index (χ1) is 9.01. The number of rotatable bonds is 3. The van der Waals surface area contributed by atoms with Crippen LogP contribution in [0.4, 0.5) is 0 Å². The monoisotopic (exact) mass is 257 g/mol. The Morgan fingerprint density at radius 3 is 2.68 bits per heavy atom. The lowest BCUT2D eigenvalue weighted by atomic mass is 9.95. The van der Waals surface area contributed by atoms with Crippen molar-refractivity contribution in [3.8, 4) is 6.07 Å². The number of nitrogens with zero attached hydrogens (tertiary/aromatic N) is 2. The summed E-state index contributed by atoms with van der Waals surface area (Å²) in [6.07, 6.45) is 0.584. The summed E-state index contributed by atoms with van der Waals surface area (Å²) in [7, 11) is 0. The molecule has 1 aliphatic rings. The maximum Gasteiger partial charge on any atom is 0.0638 e. The standard InChI is InChI=1S/C16H23N3/c1-13-4-6-14(7-5-13)10-19-11-15(8-9-17)18-12-16(19,2)3/h4-7,15,18H,8,10-12H2,1-3H3. The van der Waals surface area contributed by atoms with Crippen LogP contribution in [0.5, 0.6) is 0 Å². The molecule has 1 N–H and O–H groups in total. The van der Waals surface area contributed by atoms with Crippen molar-refractivity contribution in [2.24, 2.45) is 0 Å². The number of aryl methyl sites for hydroxylation is 1. The SMILES string of the molecule is Cc1ccc(CN2CC(CC#N)NCC2(C)C)cc1. The minimum absolute atomic E-state index is 0.136. The normalized spacial score (nSPS) is 22.9. The molecule has 2 rings (SSSR count). The molecule has 0 aromatic heterocycles. The van der Waals surface area contributed by atoms with E-state index in [1.54, 1.807) is 0 Å². The van der Waals surface area contributed by atoms with E-state index in [1.807, 2.05) is 0 Å². The van der Waals surface area contributed by atoms with E-state index in [0.29, 0.717) is 12.5 Å². The third kappa shape index (κ3) is 3.56. The summed E-state index contributed by atoms with van der Waals surface area (Å²) in [5.41, 5.74) is 2.78. The average molecular weight is 257 g/mol. The van der Waals surface area contributed by atoms with Crippen molar-refractivity contribution in [3.05, 3.63) is 35.4 Å². The van der Waals surface area contributed by atoms with E-state index in [2.05, 4.69) is 61.3 Å². The summed E-state index contributed by atoms with van der Waals surface area (Å²) in [6, 6.07) is 11.3. The molecule has 0 radical (unpaired) electrons. The molecule has 1 aliphatic heterocycles. The van der Waals surface area contributed by atoms with Crippen LogP contribution in [0.3, 0.4) is 0 Å². The third-order valence-electron chi connectivity index (χ3n) is 3.95. The van der Waals surface area contributed by atoms with Crippen LogP contribution in [0.25, 0.3) is 0 Å². The second-order valence-electron chi connectivity index (χ2n) is 6.12. The number of benzene rings is 1. The molecule has 0 amide bonds. The van der Waals surface area contributed by atoms with Crippen LogP contribution in [0, 0.1) is 18.3 Å². The van der Waals surface area contributed by atoms with E-state index in [0.717, 1.165) is 19.6 Å². The molecule has 1 aromatic carbocycles. The Labute approximate surface area is 116 Å². The largest absolute Gasteiger partial charge is 0.310 e. The van der Waals surface area contributed by atoms with Gasteiger partial charge in [0, 0.05) is 31.2 Å². The first kappa shape index (κ1) is 14.0. The summed E-state index contributed by atoms with van der Waals surface area (Å²) in [5.74, 6) is 0. The Hall–Kier alpha value is -1.37. The van der Waals surface area contributed by atoms with Gasteiger partial charge in [0.05, 0.1) is 12.5 Å². The van der Waals surface area contributed by atoms with Crippen molar-refractivity contribution in [2.45, 2.75) is 45.3 Å². The van der Waals surface area contributed by atoms with Gasteiger partial charge in [0.15, 0.2) is 0 Å². The maximum atomic E-state index is 8.85. The molecule has 1 atom stereocenters. The van der Waals surface area contributed by atoms with Gasteiger partial charge in [-0.15, -0.1) is 0 Å². The van der Waals surface area contributed by atoms with Crippen molar-refractivity contribution in [1.82, 2.24) is 10.2 Å². The number of hydrogen-bond donors (Lipinski definition) is 1. The molecule has 1 unspecified atom stereocenters. The number of piperazine rings is 1. The fourth-order valence-electron chi connectivity index (χ4n) is 2.52. The molecule has 102 valence electrons. The molecule has 3 heteroatoms. The van der Waals surface area contributed by atoms with Crippen molar-refractivity contribution >= 4 is 0 Å². The molecule has 3 nitrogen and oxygen atoms in total. The Bertz CT molecular complexity index is 456. The second kappa shape index (κ2) is 5.73. The highest BCUT2D eigenvalue weighted by Gasteiger charge is 2.33. The van der Waals surface area contributed by atoms with Crippen LogP contribution in [-0.4, -0.2) is 29.6 Å². The van der Waals surface area contributed by atoms with Crippen LogP contribution < -0.4 is 5.32 Å². The molecule has 1 fully saturated rings. The van der Waals surface area contributed by atoms with Gasteiger partial charge < -0.3 is 5.32 Å². The minimum Gasteiger partial charge on any atom is -0.310 e. The lowest BCUT2D eigenvalue weighted by molar-refractivity contribution is 0.0596. The van der Waals surface area contributed by atoms with Crippen molar-refractivity contribution in [3.63, 3.8) is 0 Å². The molecule has 1 saturated heterocycles. The predicted octanol–water partition coefficient (Wildman–Crippen LogP) is 2.46. The van der Waals surface area contributed by atoms with Gasteiger partial charge in [-0.1, -0.05) is 29.8 Å². The first-order valence-electron chi connectivity index (χ1n) is 6.92. The van der Waals surface area contributed by atoms with Crippen LogP contribution in [0.15, 0.2) is 24.3 Å². The zero-order valence-corrected chi connectivity index (χ0v) is 12.1. The minimum atomic E-state index is 0.136. The molecular formula is C16H23N3. The molecular weight excluding hydrogens is 234 g/mol. The second-order valence-corrected chi connectivity index (χ2v) is 6.12. The highest BCUT2D eigenvalue weighted by Crippen LogP contribution is 2.22. The van der Waals surface area contributed by atoms with E-state index >= 15 is 0 Å². The van der Waals surface area contributed by atoms with E-state index in [9.17, 15) is 0 Å². The summed E-state index contributed by atoms with van der Waals surface area (Å²) in [6.45, 7) is 9.46. The molecule has 0 saturated carbocycles. The van der Waals surface area contributed by atoms with Crippen molar-refractivity contribution < 1.29 is 0 Å². The Morgan fingerprint density at radius 1 is 1.37 bits per heavy atom. The quantitative estimate of drug-likeness (QED) is 0.904. The highest BCUT2D eigenvalue weighted by atomic mass is 15.3. The van der Waals surface area contributed by atoms with E-state index in [-0.39, 0.29) is 5.54 Å². The summed E-state index contributed by atoms with van der Waals surface area (Å²) >= 11 is 0. The van der Waals surface area contributed by atoms with Gasteiger partial charge >= 0.3 is 0 Å². The fraction of sp³-hybridized carbons (Fsp3) is 0.562. The fourth-order valence-corrected chi connectivity index (χ4v) is 2.52. The van der Waals surface area contributed by atoms with Gasteiger partial charge in [-0.3, -0.25) is 4.90 Å². The highest BCUT2D eigenvalue weighted by molar-refractivity contribution is 5.21. The van der Waals surface area contributed by atoms with Crippen LogP contribution in [0.2, 0.25) is 0 Å². The van der Waals surface area contributed by atoms with Gasteiger partial charge in [0.25, 0.3) is 0 Å². The van der Waals surface area contributed by atoms with Gasteiger partial charge in [0.1, 0.15) is 0 Å². The smallest absolute Gasteiger partial charge is 0.0638 e. The average Bonchev–Trinajstić information content (AvgIpc) is 2.37. The van der Waals surface area contributed by atoms with Gasteiger partial charge in [0.2, 0.25) is 0 Å². The molecule has 0 aliphatic carbocycles. The maximum absolute atomic E-state index is 8.85. The molecule has 1 heterocycles. The zero-order chi connectivity index (χ0) is 13.9. The number of nitriles is 1. The van der Waals surface area contributed by atoms with E-state index in [1.165, 1.54) is 11.1 Å². The predicted molar refractivity (Wildman–Crippen MR) is 77.7 cm³/mol. The summed E-state index contributed by atoms with van der Waals surface area (Å²) in [4.78, 5) is 2.48. The topological polar surface area (TPSA) is 39.1 Å². The third-order valence-corrected chi connectivity index (χ3v) is 3.95. The van der Waals surface area contributed by atoms with Crippen LogP contribution >= 0.6 is 0 Å². The summed E-state index contributed by atoms with van der Waals surface area (Å²) in [5, 5.41) is 12.3. The van der Waals surface area contributed by atoms with Gasteiger partial charge in [-0.25, -0.2) is 0 Å². The Kier molecular flexibility index (Phi) is 4.24. The number of hydrogen-bond acceptors (Lipinski definition) is 3. The van der Waals surface area contributed by atoms with Crippen molar-refractivity contribution in [1.29, 1.82) is 5.26 Å². The summed E-state index contributed by atoms with van der Waals surface area (Å²) < 4.78 is 0. The zero-order valence-electron chi connectivity index (χ0n) is 12.1. The molecule has 0 spiro atoms. The number of nitrogens with one attached hydrogen (secondary N) is 1. The molecule has 1 aromatic rings. The first-order valence-corrected chi connectivity index (χ1v) is 6.92. The molecule has 19 heavy (non-hydrogen) atoms. The van der Waals surface area contributed by atoms with E-state index in [4.69, 9.17) is 5.26 Å². The molecule has 0 bridgehead atoms. The van der Waals surface area contributed by atoms with Gasteiger partial charge in [-0.2, -0.15) is 5.26 Å². The lowest BCUT2D eigenvalue weighted by Gasteiger charge is -2.45. The van der Waals surface area contributed by atoms with Crippen LogP contribution in [0.1, 0.15) is 31.4 Å². The van der Waals surface area contributed by atoms with Crippen molar-refractivity contribution in [2.75, 3.05) is 13.1 Å². The van der Waals surface area contributed by atoms with Crippen LogP contribution in [-0.2, 0) is 6.54 Å². The van der Waals surface area contributed by atoms with E-state index < -0.39 is 0 Å². The lowest BCUT2D eigenvalue weighted by Crippen LogP contribution is -2.61. The Morgan fingerprint density at radius 2 is 2.05 bits per heavy atom.